The molecule has 1 aromatic rings. The van der Waals surface area contributed by atoms with E-state index in [0.29, 0.717) is 0 Å². The van der Waals surface area contributed by atoms with Crippen LogP contribution in [0.25, 0.3) is 0 Å². The fourth-order valence-electron chi connectivity index (χ4n) is 1.39. The van der Waals surface area contributed by atoms with E-state index in [2.05, 4.69) is 6.92 Å². The molecule has 0 aromatic heterocycles. The van der Waals surface area contributed by atoms with Gasteiger partial charge in [0.15, 0.2) is 0 Å². The van der Waals surface area contributed by atoms with Crippen molar-refractivity contribution in [2.45, 2.75) is 32.6 Å². The molecule has 16 heavy (non-hydrogen) atoms. The molecule has 0 saturated carbocycles. The highest BCUT2D eigenvalue weighted by atomic mass is 16.5. The van der Waals surface area contributed by atoms with Crippen molar-refractivity contribution in [3.63, 3.8) is 0 Å². The van der Waals surface area contributed by atoms with E-state index >= 15 is 0 Å². The molecule has 3 nitrogen and oxygen atoms in total. The normalized spacial score (nSPS) is 10.1. The molecule has 0 aliphatic carbocycles. The smallest absolute Gasteiger partial charge is 0.306 e. The summed E-state index contributed by atoms with van der Waals surface area (Å²) in [4.78, 5) is 10.3. The van der Waals surface area contributed by atoms with Crippen LogP contribution in [0.3, 0.4) is 0 Å². The molecule has 0 aliphatic heterocycles. The van der Waals surface area contributed by atoms with Crippen LogP contribution in [0.2, 0.25) is 0 Å². The number of hydrogen-bond donors (Lipinski definition) is 1. The average molecular weight is 222 g/mol. The summed E-state index contributed by atoms with van der Waals surface area (Å²) >= 11 is 0. The van der Waals surface area contributed by atoms with Gasteiger partial charge in [-0.15, -0.1) is 0 Å². The Labute approximate surface area is 96.1 Å². The Kier molecular flexibility index (Phi) is 5.40. The summed E-state index contributed by atoms with van der Waals surface area (Å²) in [5, 5.41) is 8.45. The van der Waals surface area contributed by atoms with Crippen molar-refractivity contribution >= 4 is 5.97 Å². The summed E-state index contributed by atoms with van der Waals surface area (Å²) in [6.07, 6.45) is 3.51. The first-order valence-corrected chi connectivity index (χ1v) is 5.66. The fourth-order valence-corrected chi connectivity index (χ4v) is 1.39. The van der Waals surface area contributed by atoms with Crippen molar-refractivity contribution in [2.75, 3.05) is 6.61 Å². The SMILES string of the molecule is CCCCc1ccc(OCCC(=O)O)cc1. The van der Waals surface area contributed by atoms with E-state index in [4.69, 9.17) is 9.84 Å². The van der Waals surface area contributed by atoms with Crippen molar-refractivity contribution in [2.24, 2.45) is 0 Å². The van der Waals surface area contributed by atoms with E-state index in [0.717, 1.165) is 12.2 Å². The predicted molar refractivity (Wildman–Crippen MR) is 62.8 cm³/mol. The van der Waals surface area contributed by atoms with Gasteiger partial charge in [-0.1, -0.05) is 25.5 Å². The van der Waals surface area contributed by atoms with Crippen LogP contribution in [0.1, 0.15) is 31.7 Å². The van der Waals surface area contributed by atoms with Crippen LogP contribution in [-0.4, -0.2) is 17.7 Å². The van der Waals surface area contributed by atoms with E-state index in [-0.39, 0.29) is 13.0 Å². The molecular formula is C13H18O3. The lowest BCUT2D eigenvalue weighted by Crippen LogP contribution is -2.04. The molecule has 1 N–H and O–H groups in total. The quantitative estimate of drug-likeness (QED) is 0.771. The molecule has 0 bridgehead atoms. The van der Waals surface area contributed by atoms with Crippen LogP contribution in [-0.2, 0) is 11.2 Å². The molecule has 0 aliphatic rings. The number of rotatable bonds is 7. The molecule has 0 saturated heterocycles. The van der Waals surface area contributed by atoms with Gasteiger partial charge in [0, 0.05) is 0 Å². The maximum absolute atomic E-state index is 10.3. The molecule has 0 atom stereocenters. The van der Waals surface area contributed by atoms with Gasteiger partial charge in [-0.3, -0.25) is 4.79 Å². The second-order valence-corrected chi connectivity index (χ2v) is 3.74. The molecule has 0 unspecified atom stereocenters. The van der Waals surface area contributed by atoms with Crippen molar-refractivity contribution in [1.82, 2.24) is 0 Å². The second-order valence-electron chi connectivity index (χ2n) is 3.74. The minimum absolute atomic E-state index is 0.0393. The number of carboxylic acid groups (broad SMARTS) is 1. The van der Waals surface area contributed by atoms with Crippen LogP contribution < -0.4 is 4.74 Å². The number of aryl methyl sites for hydroxylation is 1. The van der Waals surface area contributed by atoms with Gasteiger partial charge in [0.25, 0.3) is 0 Å². The zero-order valence-corrected chi connectivity index (χ0v) is 9.61. The van der Waals surface area contributed by atoms with Crippen molar-refractivity contribution in [1.29, 1.82) is 0 Å². The predicted octanol–water partition coefficient (Wildman–Crippen LogP) is 2.88. The van der Waals surface area contributed by atoms with Gasteiger partial charge in [0.2, 0.25) is 0 Å². The number of unbranched alkanes of at least 4 members (excludes halogenated alkanes) is 1. The molecule has 0 heterocycles. The highest BCUT2D eigenvalue weighted by Gasteiger charge is 1.98. The third-order valence-electron chi connectivity index (χ3n) is 2.33. The number of hydrogen-bond acceptors (Lipinski definition) is 2. The first-order valence-electron chi connectivity index (χ1n) is 5.66. The molecule has 1 rings (SSSR count). The molecule has 88 valence electrons. The lowest BCUT2D eigenvalue weighted by atomic mass is 10.1. The topological polar surface area (TPSA) is 46.5 Å². The Hall–Kier alpha value is -1.51. The summed E-state index contributed by atoms with van der Waals surface area (Å²) < 4.78 is 5.30. The van der Waals surface area contributed by atoms with Crippen LogP contribution in [0.4, 0.5) is 0 Å². The zero-order valence-electron chi connectivity index (χ0n) is 9.61. The first-order chi connectivity index (χ1) is 7.72. The monoisotopic (exact) mass is 222 g/mol. The largest absolute Gasteiger partial charge is 0.493 e. The standard InChI is InChI=1S/C13H18O3/c1-2-3-4-11-5-7-12(8-6-11)16-10-9-13(14)15/h5-8H,2-4,9-10H2,1H3,(H,14,15). The summed E-state index contributed by atoms with van der Waals surface area (Å²) in [5.41, 5.74) is 1.30. The lowest BCUT2D eigenvalue weighted by Gasteiger charge is -2.05. The summed E-state index contributed by atoms with van der Waals surface area (Å²) in [6.45, 7) is 2.40. The van der Waals surface area contributed by atoms with E-state index in [1.165, 1.54) is 18.4 Å². The van der Waals surface area contributed by atoms with Crippen molar-refractivity contribution in [3.8, 4) is 5.75 Å². The Balaban J connectivity index is 2.36. The van der Waals surface area contributed by atoms with Gasteiger partial charge in [-0.2, -0.15) is 0 Å². The maximum atomic E-state index is 10.3. The van der Waals surface area contributed by atoms with E-state index in [1.54, 1.807) is 0 Å². The number of carbonyl (C=O) groups is 1. The van der Waals surface area contributed by atoms with Gasteiger partial charge in [-0.05, 0) is 30.5 Å². The van der Waals surface area contributed by atoms with Gasteiger partial charge in [0.05, 0.1) is 13.0 Å². The van der Waals surface area contributed by atoms with Crippen molar-refractivity contribution < 1.29 is 14.6 Å². The molecular weight excluding hydrogens is 204 g/mol. The molecule has 0 fully saturated rings. The number of benzene rings is 1. The minimum Gasteiger partial charge on any atom is -0.493 e. The third kappa shape index (κ3) is 4.82. The van der Waals surface area contributed by atoms with Crippen molar-refractivity contribution in [3.05, 3.63) is 29.8 Å². The van der Waals surface area contributed by atoms with E-state index in [1.807, 2.05) is 24.3 Å². The van der Waals surface area contributed by atoms with Crippen LogP contribution >= 0.6 is 0 Å². The fraction of sp³-hybridized carbons (Fsp3) is 0.462. The first kappa shape index (κ1) is 12.6. The highest BCUT2D eigenvalue weighted by Crippen LogP contribution is 2.14. The lowest BCUT2D eigenvalue weighted by molar-refractivity contribution is -0.137. The Bertz CT molecular complexity index is 316. The van der Waals surface area contributed by atoms with E-state index in [9.17, 15) is 4.79 Å². The zero-order chi connectivity index (χ0) is 11.8. The summed E-state index contributed by atoms with van der Waals surface area (Å²) in [7, 11) is 0. The number of aliphatic carboxylic acids is 1. The summed E-state index contributed by atoms with van der Waals surface area (Å²) in [5.74, 6) is -0.0962. The minimum atomic E-state index is -0.834. The molecule has 0 spiro atoms. The molecule has 1 aromatic carbocycles. The van der Waals surface area contributed by atoms with Gasteiger partial charge in [-0.25, -0.2) is 0 Å². The number of ether oxygens (including phenoxy) is 1. The van der Waals surface area contributed by atoms with Crippen LogP contribution in [0.5, 0.6) is 5.75 Å². The Morgan fingerprint density at radius 3 is 2.56 bits per heavy atom. The van der Waals surface area contributed by atoms with Crippen LogP contribution in [0, 0.1) is 0 Å². The Morgan fingerprint density at radius 1 is 1.31 bits per heavy atom. The molecule has 0 radical (unpaired) electrons. The van der Waals surface area contributed by atoms with Crippen LogP contribution in [0.15, 0.2) is 24.3 Å². The van der Waals surface area contributed by atoms with E-state index < -0.39 is 5.97 Å². The van der Waals surface area contributed by atoms with Gasteiger partial charge in [0.1, 0.15) is 5.75 Å². The molecule has 3 heteroatoms. The Morgan fingerprint density at radius 2 is 2.00 bits per heavy atom. The maximum Gasteiger partial charge on any atom is 0.306 e. The van der Waals surface area contributed by atoms with Gasteiger partial charge >= 0.3 is 5.97 Å². The number of carboxylic acids is 1. The average Bonchev–Trinajstić information content (AvgIpc) is 2.27. The molecule has 0 amide bonds. The third-order valence-corrected chi connectivity index (χ3v) is 2.33. The highest BCUT2D eigenvalue weighted by molar-refractivity contribution is 5.66. The second kappa shape index (κ2) is 6.88. The van der Waals surface area contributed by atoms with Gasteiger partial charge < -0.3 is 9.84 Å². The summed E-state index contributed by atoms with van der Waals surface area (Å²) in [6, 6.07) is 7.86.